The lowest BCUT2D eigenvalue weighted by molar-refractivity contribution is -0.137. The summed E-state index contributed by atoms with van der Waals surface area (Å²) in [5.74, 6) is 0.209. The highest BCUT2D eigenvalue weighted by Gasteiger charge is 2.22. The smallest absolute Gasteiger partial charge is 0.303 e. The number of carbonyl (C=O) groups is 1. The highest BCUT2D eigenvalue weighted by molar-refractivity contribution is 5.68. The van der Waals surface area contributed by atoms with Crippen molar-refractivity contribution in [1.29, 1.82) is 0 Å². The number of hydrogen-bond donors (Lipinski definition) is 1. The van der Waals surface area contributed by atoms with Crippen LogP contribution in [0.15, 0.2) is 18.2 Å². The van der Waals surface area contributed by atoms with E-state index in [1.807, 2.05) is 26.0 Å². The van der Waals surface area contributed by atoms with Crippen molar-refractivity contribution < 1.29 is 14.6 Å². The Hall–Kier alpha value is -1.51. The van der Waals surface area contributed by atoms with Gasteiger partial charge in [0.1, 0.15) is 5.75 Å². The van der Waals surface area contributed by atoms with Gasteiger partial charge in [-0.3, -0.25) is 4.79 Å². The van der Waals surface area contributed by atoms with Gasteiger partial charge in [0, 0.05) is 0 Å². The highest BCUT2D eigenvalue weighted by atomic mass is 16.5. The summed E-state index contributed by atoms with van der Waals surface area (Å²) in [4.78, 5) is 11.0. The number of carboxylic acid groups (broad SMARTS) is 1. The molecule has 0 heterocycles. The summed E-state index contributed by atoms with van der Waals surface area (Å²) in [5.41, 5.74) is 2.20. The van der Waals surface area contributed by atoms with Crippen LogP contribution in [0.4, 0.5) is 0 Å². The molecule has 0 radical (unpaired) electrons. The van der Waals surface area contributed by atoms with Crippen LogP contribution in [0.2, 0.25) is 0 Å². The third-order valence-corrected chi connectivity index (χ3v) is 3.50. The van der Waals surface area contributed by atoms with E-state index in [1.54, 1.807) is 0 Å². The molecule has 0 aliphatic rings. The van der Waals surface area contributed by atoms with Crippen LogP contribution in [0.1, 0.15) is 64.5 Å². The molecule has 0 saturated heterocycles. The molecular weight excluding hydrogens is 252 g/mol. The molecule has 0 fully saturated rings. The molecule has 0 aliphatic carbocycles. The van der Waals surface area contributed by atoms with Crippen LogP contribution in [-0.4, -0.2) is 17.7 Å². The Bertz CT molecular complexity index is 458. The van der Waals surface area contributed by atoms with Crippen molar-refractivity contribution in [3.63, 3.8) is 0 Å². The third-order valence-electron chi connectivity index (χ3n) is 3.50. The molecule has 20 heavy (non-hydrogen) atoms. The number of aliphatic carboxylic acids is 1. The van der Waals surface area contributed by atoms with Crippen molar-refractivity contribution in [1.82, 2.24) is 0 Å². The number of hydrogen-bond acceptors (Lipinski definition) is 2. The Kier molecular flexibility index (Phi) is 5.61. The summed E-state index contributed by atoms with van der Waals surface area (Å²) in [6, 6.07) is 6.09. The lowest BCUT2D eigenvalue weighted by Gasteiger charge is -2.25. The number of rotatable bonds is 6. The highest BCUT2D eigenvalue weighted by Crippen LogP contribution is 2.35. The molecule has 3 heteroatoms. The molecule has 0 amide bonds. The van der Waals surface area contributed by atoms with Gasteiger partial charge in [0.05, 0.1) is 13.0 Å². The Morgan fingerprint density at radius 1 is 1.30 bits per heavy atom. The minimum absolute atomic E-state index is 0.0258. The van der Waals surface area contributed by atoms with E-state index in [4.69, 9.17) is 9.84 Å². The monoisotopic (exact) mass is 278 g/mol. The maximum Gasteiger partial charge on any atom is 0.303 e. The average Bonchev–Trinajstić information content (AvgIpc) is 2.35. The molecule has 112 valence electrons. The SMILES string of the molecule is CCOc1ccc(C(CC)CC(=O)O)cc1C(C)(C)C. The fraction of sp³-hybridized carbons (Fsp3) is 0.588. The molecule has 1 unspecified atom stereocenters. The molecule has 1 atom stereocenters. The summed E-state index contributed by atoms with van der Waals surface area (Å²) in [5, 5.41) is 9.02. The first-order chi connectivity index (χ1) is 9.29. The second-order valence-corrected chi connectivity index (χ2v) is 6.14. The van der Waals surface area contributed by atoms with Crippen molar-refractivity contribution in [2.75, 3.05) is 6.61 Å². The van der Waals surface area contributed by atoms with Gasteiger partial charge >= 0.3 is 5.97 Å². The van der Waals surface area contributed by atoms with Crippen LogP contribution >= 0.6 is 0 Å². The Balaban J connectivity index is 3.20. The zero-order chi connectivity index (χ0) is 15.3. The molecule has 1 N–H and O–H groups in total. The van der Waals surface area contributed by atoms with Gasteiger partial charge < -0.3 is 9.84 Å². The van der Waals surface area contributed by atoms with Gasteiger partial charge in [-0.1, -0.05) is 39.8 Å². The van der Waals surface area contributed by atoms with E-state index >= 15 is 0 Å². The summed E-state index contributed by atoms with van der Waals surface area (Å²) in [6.07, 6.45) is 0.998. The molecule has 0 aliphatic heterocycles. The van der Waals surface area contributed by atoms with E-state index in [-0.39, 0.29) is 17.8 Å². The predicted molar refractivity (Wildman–Crippen MR) is 81.6 cm³/mol. The van der Waals surface area contributed by atoms with Crippen molar-refractivity contribution in [3.8, 4) is 5.75 Å². The Morgan fingerprint density at radius 2 is 1.95 bits per heavy atom. The molecule has 0 saturated carbocycles. The molecular formula is C17H26O3. The fourth-order valence-electron chi connectivity index (χ4n) is 2.38. The minimum Gasteiger partial charge on any atom is -0.494 e. The van der Waals surface area contributed by atoms with E-state index in [1.165, 1.54) is 0 Å². The van der Waals surface area contributed by atoms with Gasteiger partial charge in [-0.2, -0.15) is 0 Å². The number of carboxylic acids is 1. The van der Waals surface area contributed by atoms with Crippen LogP contribution < -0.4 is 4.74 Å². The van der Waals surface area contributed by atoms with E-state index < -0.39 is 5.97 Å². The van der Waals surface area contributed by atoms with Gasteiger partial charge in [-0.05, 0) is 41.9 Å². The Labute approximate surface area is 122 Å². The van der Waals surface area contributed by atoms with Crippen LogP contribution in [0, 0.1) is 0 Å². The standard InChI is InChI=1S/C17H26O3/c1-6-12(11-16(18)19)13-8-9-15(20-7-2)14(10-13)17(3,4)5/h8-10,12H,6-7,11H2,1-5H3,(H,18,19). The molecule has 1 rings (SSSR count). The third kappa shape index (κ3) is 4.26. The number of benzene rings is 1. The van der Waals surface area contributed by atoms with E-state index in [9.17, 15) is 4.79 Å². The summed E-state index contributed by atoms with van der Waals surface area (Å²) in [7, 11) is 0. The largest absolute Gasteiger partial charge is 0.494 e. The maximum atomic E-state index is 11.0. The van der Waals surface area contributed by atoms with Crippen LogP contribution in [-0.2, 0) is 10.2 Å². The number of ether oxygens (including phenoxy) is 1. The summed E-state index contributed by atoms with van der Waals surface area (Å²) < 4.78 is 5.70. The van der Waals surface area contributed by atoms with Crippen molar-refractivity contribution >= 4 is 5.97 Å². The first-order valence-corrected chi connectivity index (χ1v) is 7.28. The lowest BCUT2D eigenvalue weighted by Crippen LogP contribution is -2.15. The van der Waals surface area contributed by atoms with Crippen molar-refractivity contribution in [2.45, 2.75) is 58.8 Å². The fourth-order valence-corrected chi connectivity index (χ4v) is 2.38. The van der Waals surface area contributed by atoms with Crippen molar-refractivity contribution in [3.05, 3.63) is 29.3 Å². The van der Waals surface area contributed by atoms with Gasteiger partial charge in [0.25, 0.3) is 0 Å². The summed E-state index contributed by atoms with van der Waals surface area (Å²) in [6.45, 7) is 11.1. The molecule has 0 bridgehead atoms. The maximum absolute atomic E-state index is 11.0. The first-order valence-electron chi connectivity index (χ1n) is 7.28. The normalized spacial score (nSPS) is 13.1. The minimum atomic E-state index is -0.747. The van der Waals surface area contributed by atoms with E-state index in [2.05, 4.69) is 26.8 Å². The predicted octanol–water partition coefficient (Wildman–Crippen LogP) is 4.35. The van der Waals surface area contributed by atoms with Gasteiger partial charge in [0.2, 0.25) is 0 Å². The molecule has 3 nitrogen and oxygen atoms in total. The average molecular weight is 278 g/mol. The lowest BCUT2D eigenvalue weighted by atomic mass is 9.82. The van der Waals surface area contributed by atoms with Gasteiger partial charge in [0.15, 0.2) is 0 Å². The van der Waals surface area contributed by atoms with Crippen LogP contribution in [0.5, 0.6) is 5.75 Å². The quantitative estimate of drug-likeness (QED) is 0.841. The summed E-state index contributed by atoms with van der Waals surface area (Å²) >= 11 is 0. The molecule has 0 aromatic heterocycles. The van der Waals surface area contributed by atoms with Crippen molar-refractivity contribution in [2.24, 2.45) is 0 Å². The molecule has 1 aromatic carbocycles. The molecule has 1 aromatic rings. The molecule has 0 spiro atoms. The van der Waals surface area contributed by atoms with Gasteiger partial charge in [-0.25, -0.2) is 0 Å². The van der Waals surface area contributed by atoms with Crippen LogP contribution in [0.25, 0.3) is 0 Å². The zero-order valence-corrected chi connectivity index (χ0v) is 13.2. The Morgan fingerprint density at radius 3 is 2.40 bits per heavy atom. The zero-order valence-electron chi connectivity index (χ0n) is 13.2. The van der Waals surface area contributed by atoms with Gasteiger partial charge in [-0.15, -0.1) is 0 Å². The van der Waals surface area contributed by atoms with E-state index in [0.29, 0.717) is 6.61 Å². The first kappa shape index (κ1) is 16.5. The second-order valence-electron chi connectivity index (χ2n) is 6.14. The van der Waals surface area contributed by atoms with Crippen LogP contribution in [0.3, 0.4) is 0 Å². The second kappa shape index (κ2) is 6.78. The topological polar surface area (TPSA) is 46.5 Å². The van der Waals surface area contributed by atoms with E-state index in [0.717, 1.165) is 23.3 Å².